The molecule has 0 amide bonds. The van der Waals surface area contributed by atoms with Crippen molar-refractivity contribution in [2.45, 2.75) is 25.2 Å². The lowest BCUT2D eigenvalue weighted by Gasteiger charge is -2.32. The monoisotopic (exact) mass is 453 g/mol. The molecule has 1 saturated carbocycles. The number of fused-ring (bicyclic) bond motifs is 4. The fraction of sp³-hybridized carbons (Fsp3) is 0.308. The van der Waals surface area contributed by atoms with Crippen molar-refractivity contribution in [1.29, 1.82) is 0 Å². The number of rotatable bonds is 3. The average Bonchev–Trinajstić information content (AvgIpc) is 3.23. The van der Waals surface area contributed by atoms with Gasteiger partial charge in [0.2, 0.25) is 0 Å². The minimum atomic E-state index is -0.282. The first-order valence-corrected chi connectivity index (χ1v) is 11.9. The van der Waals surface area contributed by atoms with E-state index in [2.05, 4.69) is 25.2 Å². The van der Waals surface area contributed by atoms with Gasteiger partial charge in [-0.15, -0.1) is 0 Å². The van der Waals surface area contributed by atoms with Gasteiger partial charge in [-0.05, 0) is 42.5 Å². The summed E-state index contributed by atoms with van der Waals surface area (Å²) >= 11 is 0. The van der Waals surface area contributed by atoms with Crippen LogP contribution in [0.2, 0.25) is 0 Å². The molecule has 1 aromatic carbocycles. The highest BCUT2D eigenvalue weighted by molar-refractivity contribution is 6.13. The molecule has 0 bridgehead atoms. The Hall–Kier alpha value is -3.65. The summed E-state index contributed by atoms with van der Waals surface area (Å²) < 4.78 is 14.9. The fourth-order valence-corrected chi connectivity index (χ4v) is 5.35. The molecular weight excluding hydrogens is 429 g/mol. The summed E-state index contributed by atoms with van der Waals surface area (Å²) in [5.41, 5.74) is 4.21. The Morgan fingerprint density at radius 3 is 2.68 bits per heavy atom. The van der Waals surface area contributed by atoms with Crippen molar-refractivity contribution in [3.05, 3.63) is 54.2 Å². The number of halogens is 1. The van der Waals surface area contributed by atoms with Gasteiger partial charge in [0.05, 0.1) is 17.2 Å². The van der Waals surface area contributed by atoms with Gasteiger partial charge in [-0.3, -0.25) is 4.98 Å². The summed E-state index contributed by atoms with van der Waals surface area (Å²) in [6.07, 6.45) is 9.19. The number of pyridine rings is 2. The molecule has 5 aromatic rings. The number of nitrogens with zero attached hydrogens (tertiary/aromatic N) is 5. The topological polar surface area (TPSA) is 82.6 Å². The summed E-state index contributed by atoms with van der Waals surface area (Å²) in [6.45, 7) is 3.59. The lowest BCUT2D eigenvalue weighted by Crippen LogP contribution is -2.44. The summed E-state index contributed by atoms with van der Waals surface area (Å²) in [6, 6.07) is 6.93. The second-order valence-electron chi connectivity index (χ2n) is 9.23. The molecule has 0 atom stereocenters. The lowest BCUT2D eigenvalue weighted by atomic mass is 9.79. The third-order valence-electron chi connectivity index (χ3n) is 7.29. The molecule has 1 aliphatic carbocycles. The third-order valence-corrected chi connectivity index (χ3v) is 7.29. The van der Waals surface area contributed by atoms with E-state index < -0.39 is 0 Å². The van der Waals surface area contributed by atoms with Crippen LogP contribution in [-0.2, 0) is 0 Å². The van der Waals surface area contributed by atoms with Crippen LogP contribution >= 0.6 is 0 Å². The van der Waals surface area contributed by atoms with E-state index in [0.717, 1.165) is 48.5 Å². The number of benzene rings is 1. The number of aromatic amines is 1. The predicted molar refractivity (Wildman–Crippen MR) is 132 cm³/mol. The van der Waals surface area contributed by atoms with E-state index >= 15 is 0 Å². The molecule has 5 heterocycles. The number of piperazine rings is 1. The first kappa shape index (κ1) is 19.8. The van der Waals surface area contributed by atoms with Crippen LogP contribution in [-0.4, -0.2) is 51.1 Å². The second-order valence-corrected chi connectivity index (χ2v) is 9.23. The molecule has 4 aromatic heterocycles. The molecule has 0 radical (unpaired) electrons. The molecule has 2 fully saturated rings. The minimum Gasteiger partial charge on any atom is -0.353 e. The average molecular weight is 454 g/mol. The summed E-state index contributed by atoms with van der Waals surface area (Å²) in [7, 11) is 0. The van der Waals surface area contributed by atoms with Crippen LogP contribution in [0.1, 0.15) is 30.7 Å². The molecule has 7 rings (SSSR count). The smallest absolute Gasteiger partial charge is 0.163 e. The maximum absolute atomic E-state index is 14.9. The van der Waals surface area contributed by atoms with Gasteiger partial charge in [-0.2, -0.15) is 0 Å². The van der Waals surface area contributed by atoms with Crippen LogP contribution in [0, 0.1) is 5.82 Å². The Kier molecular flexibility index (Phi) is 4.48. The Morgan fingerprint density at radius 1 is 0.971 bits per heavy atom. The van der Waals surface area contributed by atoms with Crippen molar-refractivity contribution >= 4 is 38.7 Å². The van der Waals surface area contributed by atoms with Crippen molar-refractivity contribution in [2.75, 3.05) is 31.1 Å². The highest BCUT2D eigenvalue weighted by Gasteiger charge is 2.27. The molecule has 0 unspecified atom stereocenters. The quantitative estimate of drug-likeness (QED) is 0.417. The van der Waals surface area contributed by atoms with Crippen LogP contribution in [0.5, 0.6) is 0 Å². The number of aromatic nitrogens is 5. The van der Waals surface area contributed by atoms with Crippen molar-refractivity contribution in [3.63, 3.8) is 0 Å². The van der Waals surface area contributed by atoms with Gasteiger partial charge >= 0.3 is 0 Å². The van der Waals surface area contributed by atoms with Crippen molar-refractivity contribution in [2.24, 2.45) is 0 Å². The standard InChI is InChI=1S/C26H24FN7/c27-18-5-2-6-19-23(18)22-16(7-8-30-25(22)31-19)24-32-20-14-29-13-17(15-3-1-4-15)21(20)26(33-24)34-11-9-28-10-12-34/h2,5-8,13-15,28H,1,3-4,9-12H2,(H,30,31). The summed E-state index contributed by atoms with van der Waals surface area (Å²) in [5.74, 6) is 1.76. The number of nitrogens with one attached hydrogen (secondary N) is 2. The number of H-pyrrole nitrogens is 1. The van der Waals surface area contributed by atoms with Crippen LogP contribution in [0.4, 0.5) is 10.2 Å². The molecule has 7 nitrogen and oxygen atoms in total. The van der Waals surface area contributed by atoms with Crippen LogP contribution in [0.15, 0.2) is 42.9 Å². The molecule has 2 N–H and O–H groups in total. The van der Waals surface area contributed by atoms with E-state index in [1.54, 1.807) is 12.3 Å². The largest absolute Gasteiger partial charge is 0.353 e. The van der Waals surface area contributed by atoms with E-state index in [4.69, 9.17) is 9.97 Å². The first-order chi connectivity index (χ1) is 16.8. The Morgan fingerprint density at radius 2 is 1.85 bits per heavy atom. The van der Waals surface area contributed by atoms with Gasteiger partial charge in [0.1, 0.15) is 17.3 Å². The van der Waals surface area contributed by atoms with E-state index in [1.807, 2.05) is 24.5 Å². The zero-order valence-electron chi connectivity index (χ0n) is 18.7. The molecular formula is C26H24FN7. The second kappa shape index (κ2) is 7.70. The lowest BCUT2D eigenvalue weighted by molar-refractivity contribution is 0.421. The molecule has 8 heteroatoms. The minimum absolute atomic E-state index is 0.282. The molecule has 1 saturated heterocycles. The van der Waals surface area contributed by atoms with Gasteiger partial charge in [0.25, 0.3) is 0 Å². The molecule has 170 valence electrons. The maximum atomic E-state index is 14.9. The normalized spacial score (nSPS) is 17.0. The summed E-state index contributed by atoms with van der Waals surface area (Å²) in [4.78, 5) is 24.8. The molecule has 0 spiro atoms. The van der Waals surface area contributed by atoms with E-state index in [-0.39, 0.29) is 5.82 Å². The van der Waals surface area contributed by atoms with E-state index in [0.29, 0.717) is 33.7 Å². The third kappa shape index (κ3) is 2.98. The van der Waals surface area contributed by atoms with Gasteiger partial charge in [0, 0.05) is 60.3 Å². The maximum Gasteiger partial charge on any atom is 0.163 e. The van der Waals surface area contributed by atoms with Crippen LogP contribution < -0.4 is 10.2 Å². The van der Waals surface area contributed by atoms with Gasteiger partial charge in [-0.25, -0.2) is 19.3 Å². The molecule has 1 aliphatic heterocycles. The summed E-state index contributed by atoms with van der Waals surface area (Å²) in [5, 5.41) is 5.78. The SMILES string of the molecule is Fc1cccc2[nH]c3nccc(-c4nc(N5CCNCC5)c5c(C6CCC6)cncc5n4)c3c12. The fourth-order valence-electron chi connectivity index (χ4n) is 5.35. The Bertz CT molecular complexity index is 1550. The number of hydrogen-bond donors (Lipinski definition) is 2. The first-order valence-electron chi connectivity index (χ1n) is 11.9. The molecule has 2 aliphatic rings. The van der Waals surface area contributed by atoms with Gasteiger partial charge in [0.15, 0.2) is 5.82 Å². The predicted octanol–water partition coefficient (Wildman–Crippen LogP) is 4.54. The van der Waals surface area contributed by atoms with Crippen LogP contribution in [0.25, 0.3) is 44.2 Å². The Labute approximate surface area is 195 Å². The highest BCUT2D eigenvalue weighted by atomic mass is 19.1. The number of hydrogen-bond acceptors (Lipinski definition) is 6. The highest BCUT2D eigenvalue weighted by Crippen LogP contribution is 2.42. The van der Waals surface area contributed by atoms with E-state index in [9.17, 15) is 4.39 Å². The zero-order chi connectivity index (χ0) is 22.6. The van der Waals surface area contributed by atoms with Crippen molar-refractivity contribution < 1.29 is 4.39 Å². The van der Waals surface area contributed by atoms with Gasteiger partial charge in [-0.1, -0.05) is 12.5 Å². The van der Waals surface area contributed by atoms with Crippen LogP contribution in [0.3, 0.4) is 0 Å². The molecule has 34 heavy (non-hydrogen) atoms. The van der Waals surface area contributed by atoms with Crippen molar-refractivity contribution in [3.8, 4) is 11.4 Å². The van der Waals surface area contributed by atoms with E-state index in [1.165, 1.54) is 30.9 Å². The van der Waals surface area contributed by atoms with Gasteiger partial charge < -0.3 is 15.2 Å². The van der Waals surface area contributed by atoms with Crippen molar-refractivity contribution in [1.82, 2.24) is 30.2 Å². The Balaban J connectivity index is 1.52. The number of anilines is 1. The zero-order valence-corrected chi connectivity index (χ0v) is 18.7.